The summed E-state index contributed by atoms with van der Waals surface area (Å²) >= 11 is 0. The Morgan fingerprint density at radius 3 is 2.70 bits per heavy atom. The molecule has 3 rings (SSSR count). The lowest BCUT2D eigenvalue weighted by atomic mass is 10.1. The van der Waals surface area contributed by atoms with Gasteiger partial charge in [0.2, 0.25) is 5.91 Å². The van der Waals surface area contributed by atoms with Gasteiger partial charge in [-0.15, -0.1) is 12.4 Å². The van der Waals surface area contributed by atoms with Gasteiger partial charge in [-0.3, -0.25) is 4.79 Å². The molecule has 20 heavy (non-hydrogen) atoms. The highest BCUT2D eigenvalue weighted by Crippen LogP contribution is 2.47. The molecular formula is C15H20ClFN2O. The molecular weight excluding hydrogens is 279 g/mol. The fourth-order valence-corrected chi connectivity index (χ4v) is 2.85. The molecule has 1 heterocycles. The smallest absolute Gasteiger partial charge is 0.224 e. The Hall–Kier alpha value is -1.13. The Labute approximate surface area is 124 Å². The first-order valence-corrected chi connectivity index (χ1v) is 7.00. The fraction of sp³-hybridized carbons (Fsp3) is 0.533. The summed E-state index contributed by atoms with van der Waals surface area (Å²) in [6, 6.07) is 6.78. The van der Waals surface area contributed by atoms with E-state index < -0.39 is 0 Å². The molecule has 2 unspecified atom stereocenters. The number of carbonyl (C=O) groups excluding carboxylic acids is 1. The molecule has 1 aliphatic heterocycles. The van der Waals surface area contributed by atoms with Gasteiger partial charge in [0.25, 0.3) is 0 Å². The lowest BCUT2D eigenvalue weighted by Crippen LogP contribution is -2.46. The van der Waals surface area contributed by atoms with Crippen molar-refractivity contribution >= 4 is 18.3 Å². The van der Waals surface area contributed by atoms with Crippen LogP contribution in [0.4, 0.5) is 4.39 Å². The molecule has 1 saturated heterocycles. The van der Waals surface area contributed by atoms with Crippen LogP contribution in [0, 0.1) is 11.7 Å². The molecule has 3 atom stereocenters. The SMILES string of the molecule is Cl.O=C(N[C@H]1CCCNC1)C1CC1c1ccc(F)cc1. The summed E-state index contributed by atoms with van der Waals surface area (Å²) in [6.07, 6.45) is 3.07. The van der Waals surface area contributed by atoms with Gasteiger partial charge in [-0.2, -0.15) is 0 Å². The van der Waals surface area contributed by atoms with Crippen LogP contribution < -0.4 is 10.6 Å². The quantitative estimate of drug-likeness (QED) is 0.898. The number of hydrogen-bond donors (Lipinski definition) is 2. The summed E-state index contributed by atoms with van der Waals surface area (Å²) < 4.78 is 12.8. The summed E-state index contributed by atoms with van der Waals surface area (Å²) in [6.45, 7) is 1.92. The van der Waals surface area contributed by atoms with Gasteiger partial charge in [0, 0.05) is 18.5 Å². The van der Waals surface area contributed by atoms with Crippen LogP contribution in [0.5, 0.6) is 0 Å². The summed E-state index contributed by atoms with van der Waals surface area (Å²) in [7, 11) is 0. The number of halogens is 2. The van der Waals surface area contributed by atoms with Crippen molar-refractivity contribution < 1.29 is 9.18 Å². The topological polar surface area (TPSA) is 41.1 Å². The molecule has 2 aliphatic rings. The first-order valence-electron chi connectivity index (χ1n) is 7.00. The lowest BCUT2D eigenvalue weighted by molar-refractivity contribution is -0.123. The van der Waals surface area contributed by atoms with Gasteiger partial charge in [-0.1, -0.05) is 12.1 Å². The Morgan fingerprint density at radius 1 is 1.30 bits per heavy atom. The predicted molar refractivity (Wildman–Crippen MR) is 78.5 cm³/mol. The number of carbonyl (C=O) groups is 1. The van der Waals surface area contributed by atoms with Crippen LogP contribution in [0.2, 0.25) is 0 Å². The number of hydrogen-bond acceptors (Lipinski definition) is 2. The van der Waals surface area contributed by atoms with Crippen LogP contribution in [0.25, 0.3) is 0 Å². The molecule has 0 aromatic heterocycles. The summed E-state index contributed by atoms with van der Waals surface area (Å²) in [5, 5.41) is 6.41. The monoisotopic (exact) mass is 298 g/mol. The second-order valence-electron chi connectivity index (χ2n) is 5.55. The van der Waals surface area contributed by atoms with Crippen molar-refractivity contribution in [2.75, 3.05) is 13.1 Å². The molecule has 2 N–H and O–H groups in total. The van der Waals surface area contributed by atoms with Crippen molar-refractivity contribution in [3.63, 3.8) is 0 Å². The van der Waals surface area contributed by atoms with Crippen LogP contribution >= 0.6 is 12.4 Å². The van der Waals surface area contributed by atoms with E-state index in [4.69, 9.17) is 0 Å². The minimum Gasteiger partial charge on any atom is -0.352 e. The van der Waals surface area contributed by atoms with Gasteiger partial charge < -0.3 is 10.6 Å². The number of amides is 1. The predicted octanol–water partition coefficient (Wildman–Crippen LogP) is 2.22. The van der Waals surface area contributed by atoms with Crippen molar-refractivity contribution in [3.8, 4) is 0 Å². The van der Waals surface area contributed by atoms with Gasteiger partial charge in [0.15, 0.2) is 0 Å². The van der Waals surface area contributed by atoms with Crippen LogP contribution in [0.15, 0.2) is 24.3 Å². The Bertz CT molecular complexity index is 459. The van der Waals surface area contributed by atoms with E-state index in [9.17, 15) is 9.18 Å². The molecule has 0 spiro atoms. The van der Waals surface area contributed by atoms with E-state index in [1.165, 1.54) is 12.1 Å². The summed E-state index contributed by atoms with van der Waals surface area (Å²) in [5.41, 5.74) is 1.07. The molecule has 5 heteroatoms. The van der Waals surface area contributed by atoms with E-state index in [2.05, 4.69) is 10.6 Å². The van der Waals surface area contributed by atoms with E-state index in [-0.39, 0.29) is 42.0 Å². The van der Waals surface area contributed by atoms with E-state index in [1.807, 2.05) is 0 Å². The molecule has 1 aromatic rings. The molecule has 0 bridgehead atoms. The van der Waals surface area contributed by atoms with Gasteiger partial charge in [0.05, 0.1) is 0 Å². The van der Waals surface area contributed by atoms with Crippen molar-refractivity contribution in [2.24, 2.45) is 5.92 Å². The number of benzene rings is 1. The molecule has 2 fully saturated rings. The molecule has 1 aliphatic carbocycles. The van der Waals surface area contributed by atoms with Gasteiger partial charge in [0.1, 0.15) is 5.82 Å². The highest BCUT2D eigenvalue weighted by molar-refractivity contribution is 5.85. The number of nitrogens with one attached hydrogen (secondary N) is 2. The summed E-state index contributed by atoms with van der Waals surface area (Å²) in [4.78, 5) is 12.1. The maximum atomic E-state index is 12.8. The normalized spacial score (nSPS) is 28.4. The average molecular weight is 299 g/mol. The van der Waals surface area contributed by atoms with Crippen molar-refractivity contribution in [2.45, 2.75) is 31.2 Å². The van der Waals surface area contributed by atoms with Gasteiger partial charge in [-0.05, 0) is 49.4 Å². The minimum atomic E-state index is -0.223. The van der Waals surface area contributed by atoms with Crippen LogP contribution in [0.1, 0.15) is 30.7 Å². The molecule has 110 valence electrons. The third kappa shape index (κ3) is 3.49. The second kappa shape index (κ2) is 6.55. The average Bonchev–Trinajstić information content (AvgIpc) is 3.21. The summed E-state index contributed by atoms with van der Waals surface area (Å²) in [5.74, 6) is 0.284. The van der Waals surface area contributed by atoms with Crippen LogP contribution in [-0.4, -0.2) is 25.0 Å². The minimum absolute atomic E-state index is 0. The van der Waals surface area contributed by atoms with Gasteiger partial charge in [-0.25, -0.2) is 4.39 Å². The zero-order chi connectivity index (χ0) is 13.2. The first kappa shape index (κ1) is 15.3. The Morgan fingerprint density at radius 2 is 2.05 bits per heavy atom. The van der Waals surface area contributed by atoms with Crippen LogP contribution in [0.3, 0.4) is 0 Å². The molecule has 1 aromatic carbocycles. The first-order chi connectivity index (χ1) is 9.24. The highest BCUT2D eigenvalue weighted by atomic mass is 35.5. The third-order valence-electron chi connectivity index (χ3n) is 4.07. The van der Waals surface area contributed by atoms with E-state index in [1.54, 1.807) is 12.1 Å². The third-order valence-corrected chi connectivity index (χ3v) is 4.07. The van der Waals surface area contributed by atoms with Crippen LogP contribution in [-0.2, 0) is 4.79 Å². The Kier molecular flexibility index (Phi) is 5.00. The second-order valence-corrected chi connectivity index (χ2v) is 5.55. The van der Waals surface area contributed by atoms with Crippen molar-refractivity contribution in [1.29, 1.82) is 0 Å². The van der Waals surface area contributed by atoms with Crippen molar-refractivity contribution in [1.82, 2.24) is 10.6 Å². The number of rotatable bonds is 3. The van der Waals surface area contributed by atoms with Crippen molar-refractivity contribution in [3.05, 3.63) is 35.6 Å². The maximum absolute atomic E-state index is 12.8. The molecule has 1 saturated carbocycles. The van der Waals surface area contributed by atoms with Gasteiger partial charge >= 0.3 is 0 Å². The maximum Gasteiger partial charge on any atom is 0.224 e. The van der Waals surface area contributed by atoms with E-state index >= 15 is 0 Å². The fourth-order valence-electron chi connectivity index (χ4n) is 2.85. The largest absolute Gasteiger partial charge is 0.352 e. The standard InChI is InChI=1S/C15H19FN2O.ClH/c16-11-5-3-10(4-6-11)13-8-14(13)15(19)18-12-2-1-7-17-9-12;/h3-6,12-14,17H,1-2,7-9H2,(H,18,19);1H/t12-,13?,14?;/m0./s1. The molecule has 0 radical (unpaired) electrons. The zero-order valence-electron chi connectivity index (χ0n) is 11.3. The molecule has 3 nitrogen and oxygen atoms in total. The lowest BCUT2D eigenvalue weighted by Gasteiger charge is -2.23. The Balaban J connectivity index is 0.00000147. The number of piperidine rings is 1. The van der Waals surface area contributed by atoms with E-state index in [0.717, 1.165) is 37.9 Å². The highest BCUT2D eigenvalue weighted by Gasteiger charge is 2.44. The van der Waals surface area contributed by atoms with E-state index in [0.29, 0.717) is 0 Å². The zero-order valence-corrected chi connectivity index (χ0v) is 12.1. The molecule has 1 amide bonds.